The lowest BCUT2D eigenvalue weighted by Crippen LogP contribution is -1.89. The molecule has 0 aliphatic carbocycles. The molecule has 0 saturated heterocycles. The van der Waals surface area contributed by atoms with E-state index < -0.39 is 0 Å². The van der Waals surface area contributed by atoms with E-state index in [1.807, 2.05) is 36.5 Å². The molecule has 4 heterocycles. The van der Waals surface area contributed by atoms with E-state index in [-0.39, 0.29) is 0 Å². The van der Waals surface area contributed by atoms with Gasteiger partial charge < -0.3 is 8.83 Å². The molecule has 0 unspecified atom stereocenters. The van der Waals surface area contributed by atoms with Gasteiger partial charge in [-0.25, -0.2) is 4.98 Å². The van der Waals surface area contributed by atoms with Gasteiger partial charge >= 0.3 is 0 Å². The Morgan fingerprint density at radius 2 is 1.02 bits per heavy atom. The maximum absolute atomic E-state index is 6.52. The molecule has 0 atom stereocenters. The van der Waals surface area contributed by atoms with Gasteiger partial charge in [0.2, 0.25) is 0 Å². The van der Waals surface area contributed by atoms with Crippen LogP contribution in [0, 0.1) is 0 Å². The molecule has 44 heavy (non-hydrogen) atoms. The maximum Gasteiger partial charge on any atom is 0.147 e. The van der Waals surface area contributed by atoms with Crippen LogP contribution in [0.1, 0.15) is 0 Å². The fraction of sp³-hybridized carbons (Fsp3) is 0. The number of hydrogen-bond donors (Lipinski definition) is 0. The van der Waals surface area contributed by atoms with Crippen molar-refractivity contribution in [3.63, 3.8) is 0 Å². The molecule has 0 bridgehead atoms. The molecule has 0 radical (unpaired) electrons. The van der Waals surface area contributed by atoms with Gasteiger partial charge in [-0.05, 0) is 58.8 Å². The molecule has 204 valence electrons. The molecule has 6 aromatic carbocycles. The Kier molecular flexibility index (Phi) is 4.69. The van der Waals surface area contributed by atoms with Crippen LogP contribution in [0.5, 0.6) is 0 Å². The van der Waals surface area contributed by atoms with E-state index in [4.69, 9.17) is 13.8 Å². The zero-order chi connectivity index (χ0) is 28.8. The number of rotatable bonds is 2. The summed E-state index contributed by atoms with van der Waals surface area (Å²) in [6, 6.07) is 44.3. The van der Waals surface area contributed by atoms with Crippen LogP contribution in [-0.2, 0) is 0 Å². The molecule has 0 amide bonds. The van der Waals surface area contributed by atoms with Crippen molar-refractivity contribution in [2.75, 3.05) is 0 Å². The molecule has 0 aliphatic rings. The quantitative estimate of drug-likeness (QED) is 0.197. The third-order valence-corrected chi connectivity index (χ3v) is 8.87. The molecule has 0 saturated carbocycles. The van der Waals surface area contributed by atoms with Crippen LogP contribution in [0.4, 0.5) is 0 Å². The van der Waals surface area contributed by atoms with Crippen LogP contribution >= 0.6 is 0 Å². The van der Waals surface area contributed by atoms with Crippen molar-refractivity contribution in [1.29, 1.82) is 0 Å². The van der Waals surface area contributed by atoms with Crippen LogP contribution in [0.25, 0.3) is 98.8 Å². The van der Waals surface area contributed by atoms with Crippen molar-refractivity contribution in [2.24, 2.45) is 0 Å². The van der Waals surface area contributed by atoms with E-state index in [1.54, 1.807) is 0 Å². The van der Waals surface area contributed by atoms with Crippen LogP contribution in [-0.4, -0.2) is 9.97 Å². The zero-order valence-corrected chi connectivity index (χ0v) is 23.4. The summed E-state index contributed by atoms with van der Waals surface area (Å²) >= 11 is 0. The summed E-state index contributed by atoms with van der Waals surface area (Å²) in [7, 11) is 0. The summed E-state index contributed by atoms with van der Waals surface area (Å²) in [5.74, 6) is 0. The van der Waals surface area contributed by atoms with Crippen LogP contribution in [0.3, 0.4) is 0 Å². The number of nitrogens with zero attached hydrogens (tertiary/aromatic N) is 2. The van der Waals surface area contributed by atoms with Gasteiger partial charge in [-0.3, -0.25) is 4.98 Å². The van der Waals surface area contributed by atoms with E-state index in [0.29, 0.717) is 0 Å². The molecule has 0 aliphatic heterocycles. The Morgan fingerprint density at radius 1 is 0.432 bits per heavy atom. The molecule has 4 heteroatoms. The number of furan rings is 2. The van der Waals surface area contributed by atoms with E-state index in [9.17, 15) is 0 Å². The van der Waals surface area contributed by atoms with Gasteiger partial charge in [0.15, 0.2) is 0 Å². The first-order chi connectivity index (χ1) is 21.8. The van der Waals surface area contributed by atoms with E-state index >= 15 is 0 Å². The third-order valence-electron chi connectivity index (χ3n) is 8.87. The highest BCUT2D eigenvalue weighted by molar-refractivity contribution is 6.22. The largest absolute Gasteiger partial charge is 0.455 e. The Balaban J connectivity index is 1.17. The van der Waals surface area contributed by atoms with Crippen LogP contribution in [0.2, 0.25) is 0 Å². The van der Waals surface area contributed by atoms with Crippen molar-refractivity contribution in [1.82, 2.24) is 9.97 Å². The summed E-state index contributed by atoms with van der Waals surface area (Å²) in [4.78, 5) is 9.69. The lowest BCUT2D eigenvalue weighted by atomic mass is 9.95. The highest BCUT2D eigenvalue weighted by atomic mass is 16.3. The summed E-state index contributed by atoms with van der Waals surface area (Å²) in [6.45, 7) is 0. The second-order valence-corrected chi connectivity index (χ2v) is 11.4. The van der Waals surface area contributed by atoms with Gasteiger partial charge in [-0.2, -0.15) is 0 Å². The van der Waals surface area contributed by atoms with E-state index in [2.05, 4.69) is 102 Å². The van der Waals surface area contributed by atoms with Crippen LogP contribution < -0.4 is 0 Å². The number of hydrogen-bond acceptors (Lipinski definition) is 4. The summed E-state index contributed by atoms with van der Waals surface area (Å²) < 4.78 is 13.0. The van der Waals surface area contributed by atoms with Crippen molar-refractivity contribution in [2.45, 2.75) is 0 Å². The average molecular weight is 563 g/mol. The monoisotopic (exact) mass is 562 g/mol. The lowest BCUT2D eigenvalue weighted by Gasteiger charge is -2.09. The molecule has 10 aromatic rings. The number of para-hydroxylation sites is 2. The van der Waals surface area contributed by atoms with E-state index in [0.717, 1.165) is 98.8 Å². The molecule has 10 rings (SSSR count). The van der Waals surface area contributed by atoms with Crippen molar-refractivity contribution in [3.05, 3.63) is 134 Å². The minimum atomic E-state index is 0.843. The normalized spacial score (nSPS) is 12.1. The first kappa shape index (κ1) is 23.6. The molecule has 0 spiro atoms. The Labute approximate surface area is 250 Å². The maximum atomic E-state index is 6.52. The Bertz CT molecular complexity index is 2700. The highest BCUT2D eigenvalue weighted by Gasteiger charge is 2.21. The highest BCUT2D eigenvalue weighted by Crippen LogP contribution is 2.45. The Morgan fingerprint density at radius 3 is 1.75 bits per heavy atom. The van der Waals surface area contributed by atoms with Gasteiger partial charge in [0.25, 0.3) is 0 Å². The lowest BCUT2D eigenvalue weighted by molar-refractivity contribution is 0.658. The zero-order valence-electron chi connectivity index (χ0n) is 23.4. The second-order valence-electron chi connectivity index (χ2n) is 11.4. The number of fused-ring (bicyclic) bond motifs is 10. The predicted octanol–water partition coefficient (Wildman–Crippen LogP) is 11.1. The number of aromatic nitrogens is 2. The fourth-order valence-electron chi connectivity index (χ4n) is 6.74. The second kappa shape index (κ2) is 8.76. The first-order valence-corrected chi connectivity index (χ1v) is 14.7. The predicted molar refractivity (Wildman–Crippen MR) is 180 cm³/mol. The van der Waals surface area contributed by atoms with E-state index in [1.165, 1.54) is 0 Å². The van der Waals surface area contributed by atoms with Crippen LogP contribution in [0.15, 0.2) is 142 Å². The molecule has 4 nitrogen and oxygen atoms in total. The number of benzene rings is 6. The average Bonchev–Trinajstić information content (AvgIpc) is 3.64. The molecule has 4 aromatic heterocycles. The van der Waals surface area contributed by atoms with Gasteiger partial charge in [-0.1, -0.05) is 84.9 Å². The topological polar surface area (TPSA) is 52.1 Å². The van der Waals surface area contributed by atoms with Gasteiger partial charge in [0.05, 0.1) is 22.3 Å². The molecular formula is C40H22N2O2. The summed E-state index contributed by atoms with van der Waals surface area (Å²) in [5.41, 5.74) is 9.31. The summed E-state index contributed by atoms with van der Waals surface area (Å²) in [6.07, 6.45) is 1.83. The number of pyridine rings is 2. The SMILES string of the molecule is c1cnc2c(c1)ccc1ccc(-c3ccc4cc(-c5c6oc7ccccc7c6cc6c5oc5ccccc56)ccc4c3)nc12. The van der Waals surface area contributed by atoms with Gasteiger partial charge in [0.1, 0.15) is 22.3 Å². The van der Waals surface area contributed by atoms with Gasteiger partial charge in [-0.15, -0.1) is 0 Å². The third kappa shape index (κ3) is 3.33. The molecule has 0 N–H and O–H groups in total. The smallest absolute Gasteiger partial charge is 0.147 e. The van der Waals surface area contributed by atoms with Gasteiger partial charge in [0, 0.05) is 44.1 Å². The standard InChI is InChI=1S/C40H22N2O2/c1-3-9-34-29(7-1)31-22-32-30-8-2-4-10-35(30)44-40(32)36(39(31)43-34)28-16-14-25-20-27(15-13-26(25)21-28)33-18-17-24-12-11-23-6-5-19-41-37(23)38(24)42-33/h1-22H. The van der Waals surface area contributed by atoms with Crippen molar-refractivity contribution < 1.29 is 8.83 Å². The van der Waals surface area contributed by atoms with Crippen molar-refractivity contribution in [3.8, 4) is 22.4 Å². The van der Waals surface area contributed by atoms with Crippen molar-refractivity contribution >= 4 is 76.5 Å². The fourth-order valence-corrected chi connectivity index (χ4v) is 6.74. The minimum absolute atomic E-state index is 0.843. The minimum Gasteiger partial charge on any atom is -0.455 e. The Hall–Kier alpha value is -6.00. The molecule has 0 fully saturated rings. The summed E-state index contributed by atoms with van der Waals surface area (Å²) in [5, 5.41) is 8.84. The first-order valence-electron chi connectivity index (χ1n) is 14.7. The molecular weight excluding hydrogens is 540 g/mol.